The lowest BCUT2D eigenvalue weighted by Gasteiger charge is -2.10. The standard InChI is InChI=1S/C14H11BrClNO3/c15-8-11-7-13(17(18)19)4-5-14(11)20-9-10-2-1-3-12(16)6-10/h1-7H,8-9H2. The predicted molar refractivity (Wildman–Crippen MR) is 81.5 cm³/mol. The molecular weight excluding hydrogens is 346 g/mol. The first kappa shape index (κ1) is 14.8. The molecule has 0 amide bonds. The Labute approximate surface area is 129 Å². The van der Waals surface area contributed by atoms with E-state index in [2.05, 4.69) is 15.9 Å². The van der Waals surface area contributed by atoms with E-state index in [0.717, 1.165) is 11.1 Å². The number of non-ortho nitro benzene ring substituents is 1. The topological polar surface area (TPSA) is 52.4 Å². The Hall–Kier alpha value is -1.59. The summed E-state index contributed by atoms with van der Waals surface area (Å²) in [6, 6.07) is 11.9. The molecule has 0 bridgehead atoms. The minimum absolute atomic E-state index is 0.0505. The van der Waals surface area contributed by atoms with Crippen molar-refractivity contribution in [1.29, 1.82) is 0 Å². The average molecular weight is 357 g/mol. The highest BCUT2D eigenvalue weighted by atomic mass is 79.9. The molecule has 0 aliphatic rings. The van der Waals surface area contributed by atoms with Gasteiger partial charge in [0.05, 0.1) is 4.92 Å². The van der Waals surface area contributed by atoms with Gasteiger partial charge in [0.15, 0.2) is 0 Å². The maximum atomic E-state index is 10.7. The Balaban J connectivity index is 2.15. The first-order chi connectivity index (χ1) is 9.60. The van der Waals surface area contributed by atoms with E-state index in [1.165, 1.54) is 12.1 Å². The maximum Gasteiger partial charge on any atom is 0.270 e. The molecule has 0 N–H and O–H groups in total. The number of ether oxygens (including phenoxy) is 1. The summed E-state index contributed by atoms with van der Waals surface area (Å²) in [6.07, 6.45) is 0. The summed E-state index contributed by atoms with van der Waals surface area (Å²) >= 11 is 9.21. The van der Waals surface area contributed by atoms with E-state index in [4.69, 9.17) is 16.3 Å². The van der Waals surface area contributed by atoms with Crippen LogP contribution in [0.5, 0.6) is 5.75 Å². The molecule has 6 heteroatoms. The van der Waals surface area contributed by atoms with Crippen LogP contribution in [0.3, 0.4) is 0 Å². The van der Waals surface area contributed by atoms with E-state index in [-0.39, 0.29) is 5.69 Å². The zero-order valence-electron chi connectivity index (χ0n) is 10.4. The molecule has 104 valence electrons. The van der Waals surface area contributed by atoms with Gasteiger partial charge < -0.3 is 4.74 Å². The molecular formula is C14H11BrClNO3. The zero-order chi connectivity index (χ0) is 14.5. The summed E-state index contributed by atoms with van der Waals surface area (Å²) in [5.41, 5.74) is 1.73. The van der Waals surface area contributed by atoms with E-state index in [9.17, 15) is 10.1 Å². The number of hydrogen-bond donors (Lipinski definition) is 0. The molecule has 0 fully saturated rings. The summed E-state index contributed by atoms with van der Waals surface area (Å²) in [6.45, 7) is 0.359. The summed E-state index contributed by atoms with van der Waals surface area (Å²) < 4.78 is 5.69. The third-order valence-corrected chi connectivity index (χ3v) is 3.52. The molecule has 0 aromatic heterocycles. The van der Waals surface area contributed by atoms with Gasteiger partial charge in [-0.25, -0.2) is 0 Å². The van der Waals surface area contributed by atoms with Gasteiger partial charge >= 0.3 is 0 Å². The third kappa shape index (κ3) is 3.71. The zero-order valence-corrected chi connectivity index (χ0v) is 12.7. The Kier molecular flexibility index (Phi) is 4.98. The molecule has 0 heterocycles. The Morgan fingerprint density at radius 1 is 1.25 bits per heavy atom. The average Bonchev–Trinajstić information content (AvgIpc) is 2.45. The van der Waals surface area contributed by atoms with E-state index >= 15 is 0 Å². The second-order valence-electron chi connectivity index (χ2n) is 4.10. The van der Waals surface area contributed by atoms with Gasteiger partial charge in [0, 0.05) is 28.0 Å². The number of halogens is 2. The maximum absolute atomic E-state index is 10.7. The summed E-state index contributed by atoms with van der Waals surface area (Å²) in [7, 11) is 0. The van der Waals surface area contributed by atoms with E-state index in [1.807, 2.05) is 18.2 Å². The van der Waals surface area contributed by atoms with E-state index in [1.54, 1.807) is 12.1 Å². The number of benzene rings is 2. The minimum atomic E-state index is -0.424. The predicted octanol–water partition coefficient (Wildman–Crippen LogP) is 4.72. The lowest BCUT2D eigenvalue weighted by Crippen LogP contribution is -1.99. The Bertz CT molecular complexity index is 634. The number of nitrogens with zero attached hydrogens (tertiary/aromatic N) is 1. The molecule has 2 rings (SSSR count). The number of nitro groups is 1. The molecule has 0 aliphatic heterocycles. The van der Waals surface area contributed by atoms with E-state index in [0.29, 0.717) is 22.7 Å². The van der Waals surface area contributed by atoms with Gasteiger partial charge in [0.2, 0.25) is 0 Å². The molecule has 2 aromatic carbocycles. The van der Waals surface area contributed by atoms with Crippen molar-refractivity contribution in [1.82, 2.24) is 0 Å². The van der Waals surface area contributed by atoms with Crippen molar-refractivity contribution in [3.63, 3.8) is 0 Å². The van der Waals surface area contributed by atoms with Crippen LogP contribution in [0.2, 0.25) is 5.02 Å². The van der Waals surface area contributed by atoms with Crippen LogP contribution in [0, 0.1) is 10.1 Å². The van der Waals surface area contributed by atoms with Gasteiger partial charge in [0.25, 0.3) is 5.69 Å². The molecule has 0 atom stereocenters. The molecule has 4 nitrogen and oxygen atoms in total. The molecule has 0 saturated heterocycles. The summed E-state index contributed by atoms with van der Waals surface area (Å²) in [5.74, 6) is 0.618. The number of rotatable bonds is 5. The van der Waals surface area contributed by atoms with Gasteiger partial charge in [-0.3, -0.25) is 10.1 Å². The van der Waals surface area contributed by atoms with Crippen LogP contribution >= 0.6 is 27.5 Å². The Morgan fingerprint density at radius 3 is 2.70 bits per heavy atom. The lowest BCUT2D eigenvalue weighted by molar-refractivity contribution is -0.384. The van der Waals surface area contributed by atoms with Gasteiger partial charge in [-0.05, 0) is 23.8 Å². The van der Waals surface area contributed by atoms with Gasteiger partial charge in [-0.15, -0.1) is 0 Å². The fraction of sp³-hybridized carbons (Fsp3) is 0.143. The van der Waals surface area contributed by atoms with Crippen molar-refractivity contribution in [2.75, 3.05) is 0 Å². The van der Waals surface area contributed by atoms with Gasteiger partial charge in [-0.1, -0.05) is 39.7 Å². The van der Waals surface area contributed by atoms with Crippen molar-refractivity contribution in [2.45, 2.75) is 11.9 Å². The van der Waals surface area contributed by atoms with Crippen LogP contribution in [0.1, 0.15) is 11.1 Å². The minimum Gasteiger partial charge on any atom is -0.489 e. The second kappa shape index (κ2) is 6.72. The molecule has 2 aromatic rings. The van der Waals surface area contributed by atoms with Crippen LogP contribution in [0.4, 0.5) is 5.69 Å². The SMILES string of the molecule is O=[N+]([O-])c1ccc(OCc2cccc(Cl)c2)c(CBr)c1. The molecule has 20 heavy (non-hydrogen) atoms. The fourth-order valence-corrected chi connectivity index (χ4v) is 2.36. The van der Waals surface area contributed by atoms with Crippen LogP contribution in [-0.2, 0) is 11.9 Å². The summed E-state index contributed by atoms with van der Waals surface area (Å²) in [4.78, 5) is 10.3. The smallest absolute Gasteiger partial charge is 0.270 e. The number of nitro benzene ring substituents is 1. The van der Waals surface area contributed by atoms with Gasteiger partial charge in [0.1, 0.15) is 12.4 Å². The second-order valence-corrected chi connectivity index (χ2v) is 5.10. The van der Waals surface area contributed by atoms with Crippen LogP contribution in [-0.4, -0.2) is 4.92 Å². The quantitative estimate of drug-likeness (QED) is 0.442. The van der Waals surface area contributed by atoms with Crippen LogP contribution in [0.15, 0.2) is 42.5 Å². The van der Waals surface area contributed by atoms with Crippen molar-refractivity contribution < 1.29 is 9.66 Å². The van der Waals surface area contributed by atoms with Crippen molar-refractivity contribution in [3.05, 3.63) is 68.7 Å². The van der Waals surface area contributed by atoms with E-state index < -0.39 is 4.92 Å². The largest absolute Gasteiger partial charge is 0.489 e. The molecule has 0 spiro atoms. The van der Waals surface area contributed by atoms with Crippen molar-refractivity contribution in [3.8, 4) is 5.75 Å². The first-order valence-electron chi connectivity index (χ1n) is 5.80. The van der Waals surface area contributed by atoms with Gasteiger partial charge in [-0.2, -0.15) is 0 Å². The Morgan fingerprint density at radius 2 is 2.05 bits per heavy atom. The monoisotopic (exact) mass is 355 g/mol. The lowest BCUT2D eigenvalue weighted by atomic mass is 10.2. The number of hydrogen-bond acceptors (Lipinski definition) is 3. The normalized spacial score (nSPS) is 10.3. The fourth-order valence-electron chi connectivity index (χ4n) is 1.71. The number of alkyl halides is 1. The highest BCUT2D eigenvalue weighted by Crippen LogP contribution is 2.27. The van der Waals surface area contributed by atoms with Crippen molar-refractivity contribution in [2.24, 2.45) is 0 Å². The molecule has 0 aliphatic carbocycles. The third-order valence-electron chi connectivity index (χ3n) is 2.68. The molecule has 0 radical (unpaired) electrons. The highest BCUT2D eigenvalue weighted by molar-refractivity contribution is 9.08. The molecule has 0 saturated carbocycles. The summed E-state index contributed by atoms with van der Waals surface area (Å²) in [5, 5.41) is 11.9. The van der Waals surface area contributed by atoms with Crippen LogP contribution in [0.25, 0.3) is 0 Å². The molecule has 0 unspecified atom stereocenters. The van der Waals surface area contributed by atoms with Crippen LogP contribution < -0.4 is 4.74 Å². The first-order valence-corrected chi connectivity index (χ1v) is 7.30. The highest BCUT2D eigenvalue weighted by Gasteiger charge is 2.11. The van der Waals surface area contributed by atoms with Crippen molar-refractivity contribution >= 4 is 33.2 Å².